The van der Waals surface area contributed by atoms with Crippen LogP contribution in [0.4, 0.5) is 0 Å². The van der Waals surface area contributed by atoms with Gasteiger partial charge in [-0.25, -0.2) is 0 Å². The van der Waals surface area contributed by atoms with Crippen molar-refractivity contribution < 1.29 is 4.74 Å². The largest absolute Gasteiger partial charge is 0.381 e. The smallest absolute Gasteiger partial charge is 0.0494 e. The molecule has 1 heteroatoms. The van der Waals surface area contributed by atoms with Crippen LogP contribution in [0.2, 0.25) is 0 Å². The van der Waals surface area contributed by atoms with Crippen LogP contribution in [0, 0.1) is 5.92 Å². The van der Waals surface area contributed by atoms with E-state index in [-0.39, 0.29) is 0 Å². The molecule has 0 atom stereocenters. The molecule has 0 saturated heterocycles. The van der Waals surface area contributed by atoms with E-state index < -0.39 is 0 Å². The van der Waals surface area contributed by atoms with Crippen LogP contribution < -0.4 is 0 Å². The van der Waals surface area contributed by atoms with Crippen molar-refractivity contribution in [3.8, 4) is 0 Å². The summed E-state index contributed by atoms with van der Waals surface area (Å²) >= 11 is 0. The first-order valence-electron chi connectivity index (χ1n) is 7.51. The van der Waals surface area contributed by atoms with Gasteiger partial charge in [0.1, 0.15) is 0 Å². The molecule has 0 radical (unpaired) electrons. The fraction of sp³-hybridized carbons (Fsp3) is 1.00. The quantitative estimate of drug-likeness (QED) is 0.506. The van der Waals surface area contributed by atoms with E-state index in [9.17, 15) is 0 Å². The van der Waals surface area contributed by atoms with E-state index in [4.69, 9.17) is 4.74 Å². The van der Waals surface area contributed by atoms with Gasteiger partial charge in [0, 0.05) is 13.2 Å². The number of ether oxygens (including phenoxy) is 1. The van der Waals surface area contributed by atoms with E-state index in [0.717, 1.165) is 19.1 Å². The number of hydrogen-bond acceptors (Lipinski definition) is 1. The molecule has 0 heterocycles. The van der Waals surface area contributed by atoms with Crippen molar-refractivity contribution >= 4 is 0 Å². The topological polar surface area (TPSA) is 9.23 Å². The standard InChI is InChI=1S/C15H30O/c1-2-3-4-5-6-10-13-16-14-15-11-8-7-9-12-15/h15H,2-14H2,1H3. The van der Waals surface area contributed by atoms with E-state index in [1.807, 2.05) is 0 Å². The summed E-state index contributed by atoms with van der Waals surface area (Å²) in [5, 5.41) is 0. The SMILES string of the molecule is CCCCCCCCOCC1CCCCC1. The fourth-order valence-corrected chi connectivity index (χ4v) is 2.59. The average molecular weight is 226 g/mol. The molecule has 0 amide bonds. The first-order chi connectivity index (χ1) is 7.93. The summed E-state index contributed by atoms with van der Waals surface area (Å²) in [7, 11) is 0. The molecule has 1 saturated carbocycles. The van der Waals surface area contributed by atoms with Gasteiger partial charge in [0.2, 0.25) is 0 Å². The lowest BCUT2D eigenvalue weighted by molar-refractivity contribution is 0.0824. The third-order valence-electron chi connectivity index (χ3n) is 3.72. The van der Waals surface area contributed by atoms with Gasteiger partial charge < -0.3 is 4.74 Å². The van der Waals surface area contributed by atoms with Gasteiger partial charge in [0.05, 0.1) is 0 Å². The highest BCUT2D eigenvalue weighted by Gasteiger charge is 2.12. The normalized spacial score (nSPS) is 17.8. The van der Waals surface area contributed by atoms with Gasteiger partial charge in [0.25, 0.3) is 0 Å². The molecule has 0 spiro atoms. The van der Waals surface area contributed by atoms with Gasteiger partial charge in [-0.05, 0) is 25.2 Å². The summed E-state index contributed by atoms with van der Waals surface area (Å²) in [4.78, 5) is 0. The van der Waals surface area contributed by atoms with Gasteiger partial charge in [0.15, 0.2) is 0 Å². The molecule has 0 unspecified atom stereocenters. The summed E-state index contributed by atoms with van der Waals surface area (Å²) in [5.41, 5.74) is 0. The minimum Gasteiger partial charge on any atom is -0.381 e. The number of rotatable bonds is 9. The van der Waals surface area contributed by atoms with E-state index in [1.54, 1.807) is 0 Å². The summed E-state index contributed by atoms with van der Waals surface area (Å²) < 4.78 is 5.78. The molecule has 0 N–H and O–H groups in total. The Labute approximate surface area is 102 Å². The van der Waals surface area contributed by atoms with Gasteiger partial charge >= 0.3 is 0 Å². The van der Waals surface area contributed by atoms with Gasteiger partial charge in [-0.2, -0.15) is 0 Å². The third kappa shape index (κ3) is 7.27. The molecule has 96 valence electrons. The molecule has 0 aromatic carbocycles. The van der Waals surface area contributed by atoms with E-state index in [0.29, 0.717) is 0 Å². The van der Waals surface area contributed by atoms with Crippen LogP contribution in [0.25, 0.3) is 0 Å². The summed E-state index contributed by atoms with van der Waals surface area (Å²) in [5.74, 6) is 0.883. The molecule has 1 rings (SSSR count). The van der Waals surface area contributed by atoms with Crippen molar-refractivity contribution in [3.05, 3.63) is 0 Å². The van der Waals surface area contributed by atoms with Crippen LogP contribution in [0.15, 0.2) is 0 Å². The van der Waals surface area contributed by atoms with Crippen molar-refractivity contribution in [3.63, 3.8) is 0 Å². The highest BCUT2D eigenvalue weighted by atomic mass is 16.5. The Hall–Kier alpha value is -0.0400. The lowest BCUT2D eigenvalue weighted by Gasteiger charge is -2.21. The van der Waals surface area contributed by atoms with E-state index in [1.165, 1.54) is 70.6 Å². The maximum atomic E-state index is 5.78. The van der Waals surface area contributed by atoms with Crippen LogP contribution in [0.5, 0.6) is 0 Å². The van der Waals surface area contributed by atoms with E-state index in [2.05, 4.69) is 6.92 Å². The molecule has 0 aromatic heterocycles. The monoisotopic (exact) mass is 226 g/mol. The highest BCUT2D eigenvalue weighted by molar-refractivity contribution is 4.64. The first-order valence-corrected chi connectivity index (χ1v) is 7.51. The Morgan fingerprint density at radius 2 is 1.56 bits per heavy atom. The lowest BCUT2D eigenvalue weighted by atomic mass is 9.90. The zero-order valence-electron chi connectivity index (χ0n) is 11.2. The maximum Gasteiger partial charge on any atom is 0.0494 e. The van der Waals surface area contributed by atoms with Crippen LogP contribution in [-0.2, 0) is 4.74 Å². The van der Waals surface area contributed by atoms with E-state index >= 15 is 0 Å². The third-order valence-corrected chi connectivity index (χ3v) is 3.72. The van der Waals surface area contributed by atoms with Crippen LogP contribution >= 0.6 is 0 Å². The Morgan fingerprint density at radius 1 is 0.875 bits per heavy atom. The minimum atomic E-state index is 0.883. The predicted octanol–water partition coefficient (Wildman–Crippen LogP) is 4.94. The molecule has 16 heavy (non-hydrogen) atoms. The zero-order chi connectivity index (χ0) is 11.5. The molecule has 1 nitrogen and oxygen atoms in total. The minimum absolute atomic E-state index is 0.883. The molecule has 0 aliphatic heterocycles. The molecule has 0 bridgehead atoms. The maximum absolute atomic E-state index is 5.78. The molecular formula is C15H30O. The van der Waals surface area contributed by atoms with Gasteiger partial charge in [-0.1, -0.05) is 58.3 Å². The Balaban J connectivity index is 1.77. The summed E-state index contributed by atoms with van der Waals surface area (Å²) in [6.45, 7) is 4.31. The fourth-order valence-electron chi connectivity index (χ4n) is 2.59. The summed E-state index contributed by atoms with van der Waals surface area (Å²) in [6.07, 6.45) is 15.4. The van der Waals surface area contributed by atoms with Crippen molar-refractivity contribution in [2.24, 2.45) is 5.92 Å². The predicted molar refractivity (Wildman–Crippen MR) is 70.8 cm³/mol. The van der Waals surface area contributed by atoms with Gasteiger partial charge in [-0.15, -0.1) is 0 Å². The van der Waals surface area contributed by atoms with Crippen LogP contribution in [0.1, 0.15) is 77.6 Å². The Kier molecular flexibility index (Phi) is 8.88. The molecule has 1 fully saturated rings. The van der Waals surface area contributed by atoms with Crippen molar-refractivity contribution in [2.75, 3.05) is 13.2 Å². The van der Waals surface area contributed by atoms with Crippen molar-refractivity contribution in [1.29, 1.82) is 0 Å². The molecule has 0 aromatic rings. The Bertz CT molecular complexity index is 138. The second-order valence-corrected chi connectivity index (χ2v) is 5.35. The second kappa shape index (κ2) is 10.1. The zero-order valence-corrected chi connectivity index (χ0v) is 11.2. The molecular weight excluding hydrogens is 196 g/mol. The Morgan fingerprint density at radius 3 is 2.31 bits per heavy atom. The van der Waals surface area contributed by atoms with Crippen molar-refractivity contribution in [2.45, 2.75) is 77.6 Å². The first kappa shape index (κ1) is 14.0. The average Bonchev–Trinajstić information content (AvgIpc) is 2.34. The summed E-state index contributed by atoms with van der Waals surface area (Å²) in [6, 6.07) is 0. The van der Waals surface area contributed by atoms with Crippen molar-refractivity contribution in [1.82, 2.24) is 0 Å². The van der Waals surface area contributed by atoms with Crippen LogP contribution in [0.3, 0.4) is 0 Å². The molecule has 1 aliphatic rings. The van der Waals surface area contributed by atoms with Crippen LogP contribution in [-0.4, -0.2) is 13.2 Å². The molecule has 1 aliphatic carbocycles. The lowest BCUT2D eigenvalue weighted by Crippen LogP contribution is -2.13. The highest BCUT2D eigenvalue weighted by Crippen LogP contribution is 2.23. The van der Waals surface area contributed by atoms with Gasteiger partial charge in [-0.3, -0.25) is 0 Å². The number of hydrogen-bond donors (Lipinski definition) is 0. The second-order valence-electron chi connectivity index (χ2n) is 5.35. The number of unbranched alkanes of at least 4 members (excludes halogenated alkanes) is 5.